The Hall–Kier alpha value is -14.0. The van der Waals surface area contributed by atoms with Crippen LogP contribution in [0.1, 0.15) is 133 Å². The fourth-order valence-corrected chi connectivity index (χ4v) is 13.8. The number of carboxylic acids is 2. The summed E-state index contributed by atoms with van der Waals surface area (Å²) in [5.41, 5.74) is 6.52. The molecule has 0 fully saturated rings. The van der Waals surface area contributed by atoms with Crippen LogP contribution in [0.15, 0.2) is 121 Å². The Bertz CT molecular complexity index is 4490. The van der Waals surface area contributed by atoms with Crippen LogP contribution in [0, 0.1) is 11.8 Å². The van der Waals surface area contributed by atoms with Crippen molar-refractivity contribution in [2.75, 3.05) is 76.2 Å². The quantitative estimate of drug-likeness (QED) is 0.0193. The number of aliphatic carboxylic acids is 2. The van der Waals surface area contributed by atoms with Gasteiger partial charge in [0, 0.05) is 49.4 Å². The van der Waals surface area contributed by atoms with Crippen molar-refractivity contribution >= 4 is 106 Å². The fraction of sp³-hybridized carbons (Fsp3) is 0.366. The minimum atomic E-state index is -1.76. The van der Waals surface area contributed by atoms with Crippen molar-refractivity contribution in [3.63, 3.8) is 0 Å². The molecule has 3 aliphatic rings. The van der Waals surface area contributed by atoms with Gasteiger partial charge in [-0.05, 0) is 107 Å². The van der Waals surface area contributed by atoms with Crippen LogP contribution in [0.4, 0.5) is 21.0 Å². The second-order valence-corrected chi connectivity index (χ2v) is 29.0. The van der Waals surface area contributed by atoms with E-state index in [9.17, 15) is 97.1 Å². The second-order valence-electron chi connectivity index (χ2n) is 29.0. The minimum Gasteiger partial charge on any atom is -0.507 e. The van der Waals surface area contributed by atoms with Crippen LogP contribution in [0.2, 0.25) is 0 Å². The minimum absolute atomic E-state index is 0.0258. The Morgan fingerprint density at radius 2 is 0.669 bits per heavy atom. The molecular weight excluding hydrogens is 1530 g/mol. The van der Waals surface area contributed by atoms with Gasteiger partial charge < -0.3 is 104 Å². The predicted octanol–water partition coefficient (Wildman–Crippen LogP) is 2.23. The molecule has 0 saturated carbocycles. The zero-order valence-electron chi connectivity index (χ0n) is 65.4. The molecule has 624 valence electrons. The molecule has 36 nitrogen and oxygen atoms in total. The third-order valence-corrected chi connectivity index (χ3v) is 19.4. The Morgan fingerprint density at radius 3 is 0.992 bits per heavy atom. The normalized spacial score (nSPS) is 13.7. The van der Waals surface area contributed by atoms with E-state index in [1.54, 1.807) is 27.7 Å². The van der Waals surface area contributed by atoms with Crippen LogP contribution in [0.3, 0.4) is 0 Å². The van der Waals surface area contributed by atoms with Crippen molar-refractivity contribution in [3.8, 4) is 33.8 Å². The molecule has 0 aromatic heterocycles. The SMILES string of the molecule is CC(C)C[C@H](NC(=O)[C@H](C)NC(=O)[C@H](CC(=O)O)NC(=O)CNC(=O)CNC(=O)OCC1c2ccccc2-c2ccccc21)C(=O)NCCNc1ccc(NCCNC(=O)[C@H](CC(C)C)NC(=O)[C@H](C)NC(=O)[C@H](CC(=O)O)NC(=O)CNC(=O)CNC(=O)OCC2c3ccccc3-c3ccccc32)c2c1C(=O)c1c(O)ccc(O)c1C2=O. The lowest BCUT2D eigenvalue weighted by molar-refractivity contribution is -0.141. The summed E-state index contributed by atoms with van der Waals surface area (Å²) in [7, 11) is 0. The van der Waals surface area contributed by atoms with Crippen LogP contribution >= 0.6 is 0 Å². The number of carboxylic acid groups (broad SMARTS) is 2. The number of ether oxygens (including phenoxy) is 2. The number of hydrogen-bond donors (Lipinski definition) is 18. The van der Waals surface area contributed by atoms with Gasteiger partial charge >= 0.3 is 24.1 Å². The van der Waals surface area contributed by atoms with E-state index < -0.39 is 193 Å². The first-order valence-corrected chi connectivity index (χ1v) is 38.1. The highest BCUT2D eigenvalue weighted by Crippen LogP contribution is 2.47. The summed E-state index contributed by atoms with van der Waals surface area (Å²) in [6, 6.07) is 26.9. The van der Waals surface area contributed by atoms with Crippen LogP contribution in [-0.2, 0) is 67.0 Å². The molecule has 0 spiro atoms. The third-order valence-electron chi connectivity index (χ3n) is 19.4. The first-order chi connectivity index (χ1) is 56.3. The van der Waals surface area contributed by atoms with Gasteiger partial charge in [-0.15, -0.1) is 0 Å². The summed E-state index contributed by atoms with van der Waals surface area (Å²) < 4.78 is 10.9. The van der Waals surface area contributed by atoms with E-state index in [-0.39, 0.29) is 98.4 Å². The molecule has 6 aromatic rings. The highest BCUT2D eigenvalue weighted by Gasteiger charge is 2.40. The van der Waals surface area contributed by atoms with E-state index in [0.717, 1.165) is 56.6 Å². The average molecular weight is 1630 g/mol. The molecule has 9 rings (SSSR count). The molecule has 0 heterocycles. The number of ketones is 2. The number of aromatic hydroxyl groups is 2. The van der Waals surface area contributed by atoms with E-state index in [0.29, 0.717) is 0 Å². The van der Waals surface area contributed by atoms with Gasteiger partial charge in [0.25, 0.3) is 0 Å². The molecular formula is C82H94N14O22. The van der Waals surface area contributed by atoms with E-state index in [4.69, 9.17) is 9.47 Å². The third kappa shape index (κ3) is 23.2. The molecule has 0 radical (unpaired) electrons. The van der Waals surface area contributed by atoms with Gasteiger partial charge in [0.05, 0.1) is 48.2 Å². The van der Waals surface area contributed by atoms with E-state index in [1.807, 2.05) is 97.1 Å². The number of benzene rings is 6. The van der Waals surface area contributed by atoms with Crippen molar-refractivity contribution in [1.29, 1.82) is 0 Å². The molecule has 0 saturated heterocycles. The van der Waals surface area contributed by atoms with E-state index in [1.165, 1.54) is 26.0 Å². The van der Waals surface area contributed by atoms with Crippen molar-refractivity contribution < 1.29 is 107 Å². The van der Waals surface area contributed by atoms with Crippen molar-refractivity contribution in [2.45, 2.75) is 115 Å². The number of phenols is 2. The maximum Gasteiger partial charge on any atom is 0.407 e. The lowest BCUT2D eigenvalue weighted by Crippen LogP contribution is -2.57. The first-order valence-electron chi connectivity index (χ1n) is 38.1. The monoisotopic (exact) mass is 1630 g/mol. The number of rotatable bonds is 40. The molecule has 12 amide bonds. The zero-order chi connectivity index (χ0) is 85.6. The van der Waals surface area contributed by atoms with Crippen molar-refractivity contribution in [3.05, 3.63) is 166 Å². The first kappa shape index (κ1) is 88.0. The van der Waals surface area contributed by atoms with Gasteiger partial charge in [0.1, 0.15) is 74.1 Å². The fourth-order valence-electron chi connectivity index (χ4n) is 13.8. The maximum atomic E-state index is 14.4. The molecule has 3 aliphatic carbocycles. The number of carbonyl (C=O) groups is 16. The Balaban J connectivity index is 0.719. The van der Waals surface area contributed by atoms with Gasteiger partial charge in [-0.25, -0.2) is 9.59 Å². The number of nitrogens with one attached hydrogen (secondary N) is 14. The smallest absolute Gasteiger partial charge is 0.407 e. The zero-order valence-corrected chi connectivity index (χ0v) is 65.4. The molecule has 36 heteroatoms. The Kier molecular flexibility index (Phi) is 30.5. The molecule has 0 aliphatic heterocycles. The second kappa shape index (κ2) is 40.9. The number of phenolic OH excluding ortho intramolecular Hbond substituents is 2. The molecule has 6 atom stereocenters. The largest absolute Gasteiger partial charge is 0.507 e. The van der Waals surface area contributed by atoms with Gasteiger partial charge in [0.2, 0.25) is 70.6 Å². The summed E-state index contributed by atoms with van der Waals surface area (Å²) in [5, 5.41) is 75.9. The summed E-state index contributed by atoms with van der Waals surface area (Å²) in [6.45, 7) is 6.17. The highest BCUT2D eigenvalue weighted by atomic mass is 16.6. The van der Waals surface area contributed by atoms with Crippen LogP contribution in [0.5, 0.6) is 11.5 Å². The van der Waals surface area contributed by atoms with Crippen LogP contribution < -0.4 is 74.4 Å². The Morgan fingerprint density at radius 1 is 0.347 bits per heavy atom. The molecule has 0 unspecified atom stereocenters. The van der Waals surface area contributed by atoms with Crippen molar-refractivity contribution in [1.82, 2.24) is 63.8 Å². The van der Waals surface area contributed by atoms with Gasteiger partial charge in [-0.1, -0.05) is 125 Å². The maximum absolute atomic E-state index is 14.4. The molecule has 18 N–H and O–H groups in total. The van der Waals surface area contributed by atoms with Gasteiger partial charge in [-0.3, -0.25) is 67.1 Å². The number of amides is 12. The van der Waals surface area contributed by atoms with Crippen LogP contribution in [-0.4, -0.2) is 217 Å². The summed E-state index contributed by atoms with van der Waals surface area (Å²) in [4.78, 5) is 211. The van der Waals surface area contributed by atoms with Crippen LogP contribution in [0.25, 0.3) is 22.3 Å². The standard InChI is InChI=1S/C82H94N14O22/c1-41(2)31-57(95-75(109)43(5)91-79(113)59(33-67(103)104)93-65(101)37-87-63(99)35-89-81(115)117-39-53-49-19-11-7-15-45(49)46-16-8-12-20-50(46)53)77(111)85-29-27-83-55-23-24-56(70-69(55)73(107)71-61(97)25-26-62(98)72(71)74(70)108)84-28-30-86-78(112)58(32-42(3)4)96-76(110)44(6)92-80(114)60(34-68(105)106)94-66(102)38-88-64(100)36-90-82(116)118-40-54-51-21-13-9-17-47(51)48-18-10-14-22-52(48)54/h7-26,41-44,53-54,57-60,83-84,97-98H,27-40H2,1-6H3,(H,85,111)(H,86,112)(H,87,99)(H,88,100)(H,89,115)(H,90,116)(H,91,113)(H,92,114)(H,93,101)(H,94,102)(H,95,109)(H,96,110)(H,103,104)(H,105,106)/t43-,44-,57-,58-,59-,60-/m0/s1. The summed E-state index contributed by atoms with van der Waals surface area (Å²) in [5.74, 6) is -16.0. The van der Waals surface area contributed by atoms with Crippen molar-refractivity contribution in [2.24, 2.45) is 11.8 Å². The number of fused-ring (bicyclic) bond motifs is 8. The lowest BCUT2D eigenvalue weighted by Gasteiger charge is -2.25. The topological polar surface area (TPSA) is 541 Å². The Labute approximate surface area is 676 Å². The summed E-state index contributed by atoms with van der Waals surface area (Å²) >= 11 is 0. The number of carbonyl (C=O) groups excluding carboxylic acids is 14. The molecule has 118 heavy (non-hydrogen) atoms. The average Bonchev–Trinajstić information content (AvgIpc) is 1.16. The van der Waals surface area contributed by atoms with E-state index in [2.05, 4.69) is 74.4 Å². The predicted molar refractivity (Wildman–Crippen MR) is 425 cm³/mol. The molecule has 0 bridgehead atoms. The number of hydrogen-bond acceptors (Lipinski definition) is 22. The number of alkyl carbamates (subject to hydrolysis) is 2. The number of anilines is 2. The van der Waals surface area contributed by atoms with Gasteiger partial charge in [-0.2, -0.15) is 0 Å². The summed E-state index contributed by atoms with van der Waals surface area (Å²) in [6.07, 6.45) is -3.57. The highest BCUT2D eigenvalue weighted by molar-refractivity contribution is 6.33. The van der Waals surface area contributed by atoms with E-state index >= 15 is 0 Å². The van der Waals surface area contributed by atoms with Gasteiger partial charge in [0.15, 0.2) is 0 Å². The lowest BCUT2D eigenvalue weighted by atomic mass is 9.81. The molecule has 6 aromatic carbocycles.